The van der Waals surface area contributed by atoms with Gasteiger partial charge >= 0.3 is 0 Å². The lowest BCUT2D eigenvalue weighted by Gasteiger charge is -2.18. The van der Waals surface area contributed by atoms with Crippen molar-refractivity contribution < 1.29 is 8.42 Å². The highest BCUT2D eigenvalue weighted by atomic mass is 32.2. The minimum Gasteiger partial charge on any atom is -0.313 e. The van der Waals surface area contributed by atoms with Crippen molar-refractivity contribution in [2.75, 3.05) is 18.6 Å². The minimum absolute atomic E-state index is 0.290. The third-order valence-electron chi connectivity index (χ3n) is 3.81. The van der Waals surface area contributed by atoms with E-state index in [1.165, 1.54) is 30.2 Å². The Morgan fingerprint density at radius 3 is 2.70 bits per heavy atom. The highest BCUT2D eigenvalue weighted by Gasteiger charge is 2.22. The van der Waals surface area contributed by atoms with Crippen LogP contribution in [0.3, 0.4) is 0 Å². The summed E-state index contributed by atoms with van der Waals surface area (Å²) in [6.45, 7) is 3.06. The van der Waals surface area contributed by atoms with E-state index in [-0.39, 0.29) is 0 Å². The molecular weight excluding hydrogens is 270 g/mol. The first kappa shape index (κ1) is 15.5. The molecule has 0 aliphatic heterocycles. The molecule has 0 amide bonds. The van der Waals surface area contributed by atoms with E-state index in [1.54, 1.807) is 0 Å². The molecule has 1 aliphatic carbocycles. The summed E-state index contributed by atoms with van der Waals surface area (Å²) in [4.78, 5) is 0. The van der Waals surface area contributed by atoms with E-state index in [1.807, 2.05) is 0 Å². The second kappa shape index (κ2) is 6.72. The van der Waals surface area contributed by atoms with Crippen molar-refractivity contribution in [3.05, 3.63) is 35.4 Å². The van der Waals surface area contributed by atoms with Crippen LogP contribution in [0.5, 0.6) is 0 Å². The summed E-state index contributed by atoms with van der Waals surface area (Å²) in [6.07, 6.45) is 5.55. The first-order valence-electron chi connectivity index (χ1n) is 7.42. The molecular formula is C16H25NO2S. The van der Waals surface area contributed by atoms with Gasteiger partial charge in [0.2, 0.25) is 0 Å². The van der Waals surface area contributed by atoms with Crippen molar-refractivity contribution in [3.63, 3.8) is 0 Å². The lowest BCUT2D eigenvalue weighted by atomic mass is 9.93. The summed E-state index contributed by atoms with van der Waals surface area (Å²) in [5, 5.41) is 3.57. The Hall–Kier alpha value is -0.870. The van der Waals surface area contributed by atoms with E-state index in [2.05, 4.69) is 36.5 Å². The van der Waals surface area contributed by atoms with Crippen molar-refractivity contribution in [3.8, 4) is 0 Å². The van der Waals surface area contributed by atoms with Crippen molar-refractivity contribution in [2.45, 2.75) is 44.6 Å². The molecule has 4 heteroatoms. The Morgan fingerprint density at radius 2 is 2.10 bits per heavy atom. The Bertz CT molecular complexity index is 535. The molecule has 0 bridgehead atoms. The van der Waals surface area contributed by atoms with Gasteiger partial charge in [0.1, 0.15) is 9.84 Å². The largest absolute Gasteiger partial charge is 0.313 e. The smallest absolute Gasteiger partial charge is 0.147 e. The molecule has 1 N–H and O–H groups in total. The van der Waals surface area contributed by atoms with Crippen LogP contribution in [-0.4, -0.2) is 33.0 Å². The summed E-state index contributed by atoms with van der Waals surface area (Å²) in [5.41, 5.74) is 2.59. The van der Waals surface area contributed by atoms with Gasteiger partial charge in [-0.3, -0.25) is 0 Å². The molecule has 1 fully saturated rings. The van der Waals surface area contributed by atoms with Crippen LogP contribution >= 0.6 is 0 Å². The Morgan fingerprint density at radius 1 is 1.35 bits per heavy atom. The molecule has 112 valence electrons. The zero-order valence-corrected chi connectivity index (χ0v) is 13.2. The van der Waals surface area contributed by atoms with Gasteiger partial charge in [0, 0.05) is 24.6 Å². The average molecular weight is 295 g/mol. The van der Waals surface area contributed by atoms with Crippen LogP contribution in [0.2, 0.25) is 0 Å². The lowest BCUT2D eigenvalue weighted by Crippen LogP contribution is -2.24. The summed E-state index contributed by atoms with van der Waals surface area (Å²) >= 11 is 0. The highest BCUT2D eigenvalue weighted by Crippen LogP contribution is 2.25. The van der Waals surface area contributed by atoms with Gasteiger partial charge in [-0.15, -0.1) is 0 Å². The van der Waals surface area contributed by atoms with Gasteiger partial charge < -0.3 is 5.32 Å². The Balaban J connectivity index is 1.95. The maximum Gasteiger partial charge on any atom is 0.147 e. The van der Waals surface area contributed by atoms with Gasteiger partial charge in [-0.1, -0.05) is 29.8 Å². The lowest BCUT2D eigenvalue weighted by molar-refractivity contribution is 0.538. The maximum absolute atomic E-state index is 11.3. The molecule has 1 aliphatic rings. The summed E-state index contributed by atoms with van der Waals surface area (Å²) in [7, 11) is -2.85. The number of sulfone groups is 1. The normalized spacial score (nSPS) is 17.1. The Labute approximate surface area is 122 Å². The van der Waals surface area contributed by atoms with E-state index < -0.39 is 9.84 Å². The molecule has 0 aromatic heterocycles. The van der Waals surface area contributed by atoms with Crippen LogP contribution in [0.25, 0.3) is 0 Å². The summed E-state index contributed by atoms with van der Waals surface area (Å²) in [6, 6.07) is 9.26. The molecule has 1 atom stereocenters. The fourth-order valence-electron chi connectivity index (χ4n) is 2.50. The molecule has 0 spiro atoms. The maximum atomic E-state index is 11.3. The van der Waals surface area contributed by atoms with E-state index in [9.17, 15) is 8.42 Å². The summed E-state index contributed by atoms with van der Waals surface area (Å²) < 4.78 is 22.5. The SMILES string of the molecule is Cc1cccc(C(CCCS(C)(=O)=O)CNC2CC2)c1. The number of benzene rings is 1. The second-order valence-electron chi connectivity index (χ2n) is 6.07. The molecule has 0 heterocycles. The van der Waals surface area contributed by atoms with Crippen molar-refractivity contribution >= 4 is 9.84 Å². The van der Waals surface area contributed by atoms with Crippen LogP contribution < -0.4 is 5.32 Å². The predicted octanol–water partition coefficient (Wildman–Crippen LogP) is 2.66. The molecule has 3 nitrogen and oxygen atoms in total. The van der Waals surface area contributed by atoms with E-state index in [0.29, 0.717) is 17.7 Å². The zero-order chi connectivity index (χ0) is 14.6. The standard InChI is InChI=1S/C16H25NO2S/c1-13-5-3-6-14(11-13)15(12-17-16-8-9-16)7-4-10-20(2,18)19/h3,5-6,11,15-17H,4,7-10,12H2,1-2H3. The van der Waals surface area contributed by atoms with E-state index in [4.69, 9.17) is 0 Å². The number of hydrogen-bond acceptors (Lipinski definition) is 3. The predicted molar refractivity (Wildman–Crippen MR) is 83.9 cm³/mol. The molecule has 0 saturated heterocycles. The molecule has 1 aromatic carbocycles. The van der Waals surface area contributed by atoms with Crippen molar-refractivity contribution in [1.82, 2.24) is 5.32 Å². The van der Waals surface area contributed by atoms with E-state index >= 15 is 0 Å². The second-order valence-corrected chi connectivity index (χ2v) is 8.33. The highest BCUT2D eigenvalue weighted by molar-refractivity contribution is 7.90. The molecule has 1 saturated carbocycles. The molecule has 1 aromatic rings. The zero-order valence-electron chi connectivity index (χ0n) is 12.4. The van der Waals surface area contributed by atoms with Crippen molar-refractivity contribution in [1.29, 1.82) is 0 Å². The van der Waals surface area contributed by atoms with Gasteiger partial charge in [-0.05, 0) is 44.1 Å². The van der Waals surface area contributed by atoms with Gasteiger partial charge in [0.05, 0.1) is 0 Å². The quantitative estimate of drug-likeness (QED) is 0.802. The van der Waals surface area contributed by atoms with Crippen LogP contribution in [-0.2, 0) is 9.84 Å². The van der Waals surface area contributed by atoms with Gasteiger partial charge in [-0.25, -0.2) is 8.42 Å². The van der Waals surface area contributed by atoms with Crippen LogP contribution in [0, 0.1) is 6.92 Å². The topological polar surface area (TPSA) is 46.2 Å². The first-order valence-corrected chi connectivity index (χ1v) is 9.48. The third kappa shape index (κ3) is 5.63. The number of rotatable bonds is 8. The number of nitrogens with one attached hydrogen (secondary N) is 1. The van der Waals surface area contributed by atoms with Crippen LogP contribution in [0.1, 0.15) is 42.7 Å². The molecule has 1 unspecified atom stereocenters. The van der Waals surface area contributed by atoms with Crippen LogP contribution in [0.15, 0.2) is 24.3 Å². The fourth-order valence-corrected chi connectivity index (χ4v) is 3.19. The molecule has 20 heavy (non-hydrogen) atoms. The fraction of sp³-hybridized carbons (Fsp3) is 0.625. The van der Waals surface area contributed by atoms with Crippen LogP contribution in [0.4, 0.5) is 0 Å². The van der Waals surface area contributed by atoms with Crippen molar-refractivity contribution in [2.24, 2.45) is 0 Å². The van der Waals surface area contributed by atoms with Gasteiger partial charge in [-0.2, -0.15) is 0 Å². The monoisotopic (exact) mass is 295 g/mol. The average Bonchev–Trinajstić information content (AvgIpc) is 3.16. The molecule has 0 radical (unpaired) electrons. The third-order valence-corrected chi connectivity index (χ3v) is 4.84. The number of aryl methyl sites for hydroxylation is 1. The minimum atomic E-state index is -2.85. The Kier molecular flexibility index (Phi) is 5.22. The van der Waals surface area contributed by atoms with Gasteiger partial charge in [0.25, 0.3) is 0 Å². The molecule has 2 rings (SSSR count). The first-order chi connectivity index (χ1) is 9.44. The van der Waals surface area contributed by atoms with E-state index in [0.717, 1.165) is 19.4 Å². The number of hydrogen-bond donors (Lipinski definition) is 1. The summed E-state index contributed by atoms with van der Waals surface area (Å²) in [5.74, 6) is 0.705. The van der Waals surface area contributed by atoms with Gasteiger partial charge in [0.15, 0.2) is 0 Å².